The number of hydrogen-bond donors (Lipinski definition) is 3. The van der Waals surface area contributed by atoms with E-state index in [1.165, 1.54) is 6.33 Å². The number of aliphatic hydroxyl groups excluding tert-OH is 2. The highest BCUT2D eigenvalue weighted by Crippen LogP contribution is 2.13. The normalized spacial score (nSPS) is 13.2. The van der Waals surface area contributed by atoms with E-state index in [9.17, 15) is 5.11 Å². The summed E-state index contributed by atoms with van der Waals surface area (Å²) in [6.07, 6.45) is 3.49. The van der Waals surface area contributed by atoms with Gasteiger partial charge in [0.25, 0.3) is 0 Å². The zero-order valence-electron chi connectivity index (χ0n) is 8.09. The fraction of sp³-hybridized carbons (Fsp3) is 0.444. The number of nitrogens with zero attached hydrogens (tertiary/aromatic N) is 3. The van der Waals surface area contributed by atoms with Gasteiger partial charge in [0.05, 0.1) is 24.6 Å². The minimum atomic E-state index is -0.690. The van der Waals surface area contributed by atoms with Crippen LogP contribution in [0.3, 0.4) is 0 Å². The lowest BCUT2D eigenvalue weighted by Gasteiger charge is -2.04. The van der Waals surface area contributed by atoms with Crippen molar-refractivity contribution in [3.05, 3.63) is 18.2 Å². The van der Waals surface area contributed by atoms with Gasteiger partial charge in [-0.05, 0) is 12.8 Å². The molecule has 0 saturated heterocycles. The molecule has 0 amide bonds. The summed E-state index contributed by atoms with van der Waals surface area (Å²) in [7, 11) is 0. The lowest BCUT2D eigenvalue weighted by Crippen LogP contribution is -2.12. The molecule has 2 rings (SSSR count). The molecule has 0 aliphatic carbocycles. The Bertz CT molecular complexity index is 442. The topological polar surface area (TPSA) is 94.9 Å². The van der Waals surface area contributed by atoms with Crippen LogP contribution in [0.15, 0.2) is 12.5 Å². The molecule has 2 heterocycles. The third kappa shape index (κ3) is 2.11. The molecule has 15 heavy (non-hydrogen) atoms. The highest BCUT2D eigenvalue weighted by Gasteiger charge is 2.08. The van der Waals surface area contributed by atoms with Crippen molar-refractivity contribution in [1.29, 1.82) is 0 Å². The Balaban J connectivity index is 2.14. The first-order valence-corrected chi connectivity index (χ1v) is 4.73. The lowest BCUT2D eigenvalue weighted by molar-refractivity contribution is 0.0884. The second kappa shape index (κ2) is 4.33. The maximum absolute atomic E-state index is 9.21. The molecule has 0 aliphatic heterocycles. The molecule has 0 aliphatic rings. The van der Waals surface area contributed by atoms with Crippen molar-refractivity contribution in [3.63, 3.8) is 0 Å². The van der Waals surface area contributed by atoms with Gasteiger partial charge in [-0.25, -0.2) is 9.97 Å². The van der Waals surface area contributed by atoms with Gasteiger partial charge in [0.15, 0.2) is 0 Å². The lowest BCUT2D eigenvalue weighted by atomic mass is 10.1. The van der Waals surface area contributed by atoms with Crippen LogP contribution < -0.4 is 0 Å². The molecular weight excluding hydrogens is 196 g/mol. The van der Waals surface area contributed by atoms with Gasteiger partial charge in [-0.1, -0.05) is 0 Å². The number of hydrogen-bond acceptors (Lipinski definition) is 5. The van der Waals surface area contributed by atoms with Crippen molar-refractivity contribution in [2.24, 2.45) is 0 Å². The predicted molar refractivity (Wildman–Crippen MR) is 53.1 cm³/mol. The van der Waals surface area contributed by atoms with Crippen LogP contribution in [0, 0.1) is 0 Å². The number of aryl methyl sites for hydroxylation is 1. The Morgan fingerprint density at radius 3 is 3.13 bits per heavy atom. The SMILES string of the molecule is OCC(O)CCc1[nH]nc2cncnc12. The molecule has 1 atom stereocenters. The van der Waals surface area contributed by atoms with Crippen LogP contribution in [0.1, 0.15) is 12.1 Å². The quantitative estimate of drug-likeness (QED) is 0.637. The first-order chi connectivity index (χ1) is 7.31. The monoisotopic (exact) mass is 208 g/mol. The van der Waals surface area contributed by atoms with Crippen molar-refractivity contribution < 1.29 is 10.2 Å². The summed E-state index contributed by atoms with van der Waals surface area (Å²) in [4.78, 5) is 7.95. The molecule has 0 saturated carbocycles. The standard InChI is InChI=1S/C9H12N4O2/c14-4-6(15)1-2-7-9-8(13-12-7)3-10-5-11-9/h3,5-6,14-15H,1-2,4H2,(H,12,13). The predicted octanol–water partition coefficient (Wildman–Crippen LogP) is -0.361. The molecular formula is C9H12N4O2. The van der Waals surface area contributed by atoms with E-state index in [0.717, 1.165) is 11.2 Å². The van der Waals surface area contributed by atoms with Gasteiger partial charge in [0, 0.05) is 0 Å². The zero-order chi connectivity index (χ0) is 10.7. The van der Waals surface area contributed by atoms with Crippen LogP contribution in [0.2, 0.25) is 0 Å². The Morgan fingerprint density at radius 2 is 2.33 bits per heavy atom. The van der Waals surface area contributed by atoms with Crippen molar-refractivity contribution >= 4 is 11.0 Å². The molecule has 0 aromatic carbocycles. The molecule has 0 bridgehead atoms. The summed E-state index contributed by atoms with van der Waals surface area (Å²) in [5.41, 5.74) is 2.35. The summed E-state index contributed by atoms with van der Waals surface area (Å²) in [6, 6.07) is 0. The number of aliphatic hydroxyl groups is 2. The second-order valence-corrected chi connectivity index (χ2v) is 3.33. The molecule has 6 nitrogen and oxygen atoms in total. The van der Waals surface area contributed by atoms with E-state index in [-0.39, 0.29) is 6.61 Å². The summed E-state index contributed by atoms with van der Waals surface area (Å²) < 4.78 is 0. The van der Waals surface area contributed by atoms with E-state index in [4.69, 9.17) is 5.11 Å². The molecule has 2 aromatic heterocycles. The number of H-pyrrole nitrogens is 1. The molecule has 0 fully saturated rings. The van der Waals surface area contributed by atoms with Crippen LogP contribution in [-0.2, 0) is 6.42 Å². The van der Waals surface area contributed by atoms with Crippen LogP contribution >= 0.6 is 0 Å². The number of aromatic nitrogens is 4. The Hall–Kier alpha value is -1.53. The first-order valence-electron chi connectivity index (χ1n) is 4.73. The average Bonchev–Trinajstić information content (AvgIpc) is 2.69. The molecule has 0 spiro atoms. The third-order valence-electron chi connectivity index (χ3n) is 2.23. The highest BCUT2D eigenvalue weighted by molar-refractivity contribution is 5.75. The third-order valence-corrected chi connectivity index (χ3v) is 2.23. The number of fused-ring (bicyclic) bond motifs is 1. The van der Waals surface area contributed by atoms with Gasteiger partial charge in [-0.2, -0.15) is 5.10 Å². The van der Waals surface area contributed by atoms with E-state index in [0.29, 0.717) is 18.4 Å². The number of aromatic amines is 1. The summed E-state index contributed by atoms with van der Waals surface area (Å²) in [6.45, 7) is -0.221. The summed E-state index contributed by atoms with van der Waals surface area (Å²) in [5, 5.41) is 24.8. The van der Waals surface area contributed by atoms with E-state index in [2.05, 4.69) is 20.2 Å². The summed E-state index contributed by atoms with van der Waals surface area (Å²) in [5.74, 6) is 0. The minimum absolute atomic E-state index is 0.221. The molecule has 0 radical (unpaired) electrons. The molecule has 80 valence electrons. The van der Waals surface area contributed by atoms with Gasteiger partial charge in [0.1, 0.15) is 17.4 Å². The highest BCUT2D eigenvalue weighted by atomic mass is 16.3. The van der Waals surface area contributed by atoms with Crippen molar-refractivity contribution in [2.75, 3.05) is 6.61 Å². The van der Waals surface area contributed by atoms with Crippen LogP contribution in [0.25, 0.3) is 11.0 Å². The number of rotatable bonds is 4. The zero-order valence-corrected chi connectivity index (χ0v) is 8.09. The minimum Gasteiger partial charge on any atom is -0.394 e. The Labute approximate surface area is 86.0 Å². The van der Waals surface area contributed by atoms with E-state index < -0.39 is 6.10 Å². The molecule has 6 heteroatoms. The van der Waals surface area contributed by atoms with Gasteiger partial charge < -0.3 is 10.2 Å². The second-order valence-electron chi connectivity index (χ2n) is 3.33. The summed E-state index contributed by atoms with van der Waals surface area (Å²) >= 11 is 0. The smallest absolute Gasteiger partial charge is 0.129 e. The maximum Gasteiger partial charge on any atom is 0.129 e. The fourth-order valence-electron chi connectivity index (χ4n) is 1.39. The van der Waals surface area contributed by atoms with Gasteiger partial charge in [-0.3, -0.25) is 5.10 Å². The average molecular weight is 208 g/mol. The van der Waals surface area contributed by atoms with Gasteiger partial charge in [-0.15, -0.1) is 0 Å². The maximum atomic E-state index is 9.21. The van der Waals surface area contributed by atoms with E-state index in [1.54, 1.807) is 6.20 Å². The van der Waals surface area contributed by atoms with Crippen molar-refractivity contribution in [1.82, 2.24) is 20.2 Å². The van der Waals surface area contributed by atoms with E-state index in [1.807, 2.05) is 0 Å². The largest absolute Gasteiger partial charge is 0.394 e. The van der Waals surface area contributed by atoms with Crippen LogP contribution in [-0.4, -0.2) is 43.1 Å². The first kappa shape index (κ1) is 10.0. The molecule has 1 unspecified atom stereocenters. The number of nitrogens with one attached hydrogen (secondary N) is 1. The van der Waals surface area contributed by atoms with Crippen molar-refractivity contribution in [3.8, 4) is 0 Å². The fourth-order valence-corrected chi connectivity index (χ4v) is 1.39. The van der Waals surface area contributed by atoms with Crippen LogP contribution in [0.5, 0.6) is 0 Å². The molecule has 3 N–H and O–H groups in total. The Morgan fingerprint density at radius 1 is 1.47 bits per heavy atom. The van der Waals surface area contributed by atoms with E-state index >= 15 is 0 Å². The van der Waals surface area contributed by atoms with Gasteiger partial charge in [0.2, 0.25) is 0 Å². The van der Waals surface area contributed by atoms with Crippen LogP contribution in [0.4, 0.5) is 0 Å². The van der Waals surface area contributed by atoms with Crippen molar-refractivity contribution in [2.45, 2.75) is 18.9 Å². The molecule has 2 aromatic rings. The Kier molecular flexibility index (Phi) is 2.89. The van der Waals surface area contributed by atoms with Gasteiger partial charge >= 0.3 is 0 Å².